The van der Waals surface area contributed by atoms with Crippen molar-refractivity contribution in [2.24, 2.45) is 0 Å². The molecule has 4 rings (SSSR count). The van der Waals surface area contributed by atoms with Crippen LogP contribution in [0, 0.1) is 0 Å². The van der Waals surface area contributed by atoms with Crippen LogP contribution >= 0.6 is 0 Å². The number of benzene rings is 2. The molecule has 5 heteroatoms. The molecule has 0 aromatic heterocycles. The van der Waals surface area contributed by atoms with Gasteiger partial charge in [0.15, 0.2) is 0 Å². The van der Waals surface area contributed by atoms with Crippen molar-refractivity contribution < 1.29 is 14.3 Å². The molecular weight excluding hydrogens is 376 g/mol. The zero-order valence-corrected chi connectivity index (χ0v) is 17.8. The topological polar surface area (TPSA) is 42.0 Å². The van der Waals surface area contributed by atoms with Gasteiger partial charge in [-0.1, -0.05) is 30.3 Å². The maximum atomic E-state index is 12.7. The summed E-state index contributed by atoms with van der Waals surface area (Å²) < 4.78 is 11.6. The van der Waals surface area contributed by atoms with Crippen molar-refractivity contribution in [3.8, 4) is 5.75 Å². The Kier molecular flexibility index (Phi) is 7.03. The first-order valence-electron chi connectivity index (χ1n) is 11.1. The highest BCUT2D eigenvalue weighted by atomic mass is 16.5. The second-order valence-corrected chi connectivity index (χ2v) is 8.35. The van der Waals surface area contributed by atoms with Gasteiger partial charge in [-0.25, -0.2) is 0 Å². The van der Waals surface area contributed by atoms with E-state index in [0.717, 1.165) is 57.7 Å². The van der Waals surface area contributed by atoms with Crippen molar-refractivity contribution in [2.45, 2.75) is 37.8 Å². The van der Waals surface area contributed by atoms with E-state index in [1.54, 1.807) is 4.90 Å². The Hall–Kier alpha value is -2.37. The van der Waals surface area contributed by atoms with E-state index in [9.17, 15) is 4.79 Å². The third-order valence-electron chi connectivity index (χ3n) is 6.27. The van der Waals surface area contributed by atoms with Gasteiger partial charge in [0.1, 0.15) is 11.9 Å². The first kappa shape index (κ1) is 20.9. The normalized spacial score (nSPS) is 20.2. The van der Waals surface area contributed by atoms with Crippen LogP contribution in [0.2, 0.25) is 0 Å². The molecule has 1 amide bonds. The minimum absolute atomic E-state index is 0.0452. The summed E-state index contributed by atoms with van der Waals surface area (Å²) >= 11 is 0. The first-order chi connectivity index (χ1) is 14.7. The number of amides is 1. The molecular formula is C25H32N2O3. The summed E-state index contributed by atoms with van der Waals surface area (Å²) in [5.74, 6) is 0.893. The molecule has 2 saturated heterocycles. The maximum Gasteiger partial charge on any atom is 0.253 e. The summed E-state index contributed by atoms with van der Waals surface area (Å²) in [5.41, 5.74) is 2.10. The fourth-order valence-electron chi connectivity index (χ4n) is 4.25. The summed E-state index contributed by atoms with van der Waals surface area (Å²) in [6.07, 6.45) is 4.34. The number of nitrogens with zero attached hydrogens (tertiary/aromatic N) is 2. The molecule has 0 unspecified atom stereocenters. The van der Waals surface area contributed by atoms with Crippen molar-refractivity contribution >= 4 is 5.91 Å². The van der Waals surface area contributed by atoms with Crippen LogP contribution in [0.3, 0.4) is 0 Å². The first-order valence-corrected chi connectivity index (χ1v) is 11.1. The average Bonchev–Trinajstić information content (AvgIpc) is 3.34. The Labute approximate surface area is 179 Å². The Bertz CT molecular complexity index is 795. The monoisotopic (exact) mass is 408 g/mol. The van der Waals surface area contributed by atoms with E-state index in [0.29, 0.717) is 12.2 Å². The number of carbonyl (C=O) groups is 1. The molecule has 0 radical (unpaired) electrons. The van der Waals surface area contributed by atoms with Gasteiger partial charge < -0.3 is 19.3 Å². The molecule has 0 bridgehead atoms. The number of piperidine rings is 1. The van der Waals surface area contributed by atoms with Crippen LogP contribution in [-0.2, 0) is 11.2 Å². The Balaban J connectivity index is 1.22. The Morgan fingerprint density at radius 2 is 1.80 bits per heavy atom. The van der Waals surface area contributed by atoms with Crippen LogP contribution in [-0.4, -0.2) is 67.7 Å². The molecule has 0 spiro atoms. The molecule has 5 nitrogen and oxygen atoms in total. The number of hydrogen-bond donors (Lipinski definition) is 0. The molecule has 0 aliphatic carbocycles. The molecule has 30 heavy (non-hydrogen) atoms. The minimum atomic E-state index is 0.0452. The zero-order valence-electron chi connectivity index (χ0n) is 17.8. The van der Waals surface area contributed by atoms with Gasteiger partial charge in [-0.15, -0.1) is 0 Å². The average molecular weight is 409 g/mol. The molecule has 2 aromatic rings. The van der Waals surface area contributed by atoms with Crippen molar-refractivity contribution in [1.29, 1.82) is 0 Å². The van der Waals surface area contributed by atoms with E-state index >= 15 is 0 Å². The van der Waals surface area contributed by atoms with Gasteiger partial charge in [-0.05, 0) is 55.5 Å². The molecule has 1 atom stereocenters. The van der Waals surface area contributed by atoms with Gasteiger partial charge >= 0.3 is 0 Å². The quantitative estimate of drug-likeness (QED) is 0.702. The Morgan fingerprint density at radius 3 is 2.47 bits per heavy atom. The van der Waals surface area contributed by atoms with Gasteiger partial charge in [0, 0.05) is 38.9 Å². The van der Waals surface area contributed by atoms with Crippen molar-refractivity contribution in [1.82, 2.24) is 9.80 Å². The number of carbonyl (C=O) groups excluding carboxylic acids is 1. The van der Waals surface area contributed by atoms with Crippen LogP contribution in [0.15, 0.2) is 54.6 Å². The molecule has 0 saturated carbocycles. The van der Waals surface area contributed by atoms with E-state index in [4.69, 9.17) is 9.47 Å². The van der Waals surface area contributed by atoms with E-state index < -0.39 is 0 Å². The molecule has 2 aliphatic rings. The van der Waals surface area contributed by atoms with Crippen molar-refractivity contribution in [3.05, 3.63) is 65.7 Å². The zero-order chi connectivity index (χ0) is 20.8. The van der Waals surface area contributed by atoms with Gasteiger partial charge in [0.2, 0.25) is 0 Å². The summed E-state index contributed by atoms with van der Waals surface area (Å²) in [6.45, 7) is 4.62. The smallest absolute Gasteiger partial charge is 0.253 e. The van der Waals surface area contributed by atoms with Gasteiger partial charge in [0.25, 0.3) is 5.91 Å². The Morgan fingerprint density at radius 1 is 1.07 bits per heavy atom. The van der Waals surface area contributed by atoms with Crippen LogP contribution in [0.5, 0.6) is 5.75 Å². The number of likely N-dealkylation sites (tertiary alicyclic amines) is 1. The number of rotatable bonds is 7. The van der Waals surface area contributed by atoms with Crippen LogP contribution in [0.1, 0.15) is 35.2 Å². The number of hydrogen-bond acceptors (Lipinski definition) is 4. The SMILES string of the molecule is CN(C(=O)c1ccc(OC2CCN(CCc3ccccc3)CC2)cc1)[C@H]1CCOC1. The van der Waals surface area contributed by atoms with Gasteiger partial charge in [-0.3, -0.25) is 4.79 Å². The van der Waals surface area contributed by atoms with E-state index in [1.165, 1.54) is 5.56 Å². The van der Waals surface area contributed by atoms with E-state index in [-0.39, 0.29) is 18.1 Å². The molecule has 2 heterocycles. The van der Waals surface area contributed by atoms with Crippen LogP contribution in [0.4, 0.5) is 0 Å². The summed E-state index contributed by atoms with van der Waals surface area (Å²) in [7, 11) is 1.86. The predicted molar refractivity (Wildman–Crippen MR) is 118 cm³/mol. The highest BCUT2D eigenvalue weighted by Crippen LogP contribution is 2.21. The van der Waals surface area contributed by atoms with Crippen LogP contribution in [0.25, 0.3) is 0 Å². The van der Waals surface area contributed by atoms with Gasteiger partial charge in [0.05, 0.1) is 12.6 Å². The van der Waals surface area contributed by atoms with E-state index in [2.05, 4.69) is 35.2 Å². The molecule has 2 aliphatic heterocycles. The molecule has 2 fully saturated rings. The second-order valence-electron chi connectivity index (χ2n) is 8.35. The van der Waals surface area contributed by atoms with Crippen molar-refractivity contribution in [3.63, 3.8) is 0 Å². The lowest BCUT2D eigenvalue weighted by Gasteiger charge is -2.32. The van der Waals surface area contributed by atoms with Crippen LogP contribution < -0.4 is 4.74 Å². The lowest BCUT2D eigenvalue weighted by Crippen LogP contribution is -2.39. The van der Waals surface area contributed by atoms with Crippen molar-refractivity contribution in [2.75, 3.05) is 39.9 Å². The lowest BCUT2D eigenvalue weighted by atomic mass is 10.1. The minimum Gasteiger partial charge on any atom is -0.490 e. The molecule has 160 valence electrons. The summed E-state index contributed by atoms with van der Waals surface area (Å²) in [5, 5.41) is 0. The summed E-state index contributed by atoms with van der Waals surface area (Å²) in [6, 6.07) is 18.5. The standard InChI is InChI=1S/C25H32N2O3/c1-26(22-14-18-29-19-22)25(28)21-7-9-23(10-8-21)30-24-12-16-27(17-13-24)15-11-20-5-3-2-4-6-20/h2-10,22,24H,11-19H2,1H3/t22-/m0/s1. The second kappa shape index (κ2) is 10.1. The highest BCUT2D eigenvalue weighted by Gasteiger charge is 2.25. The molecule has 2 aromatic carbocycles. The maximum absolute atomic E-state index is 12.7. The third-order valence-corrected chi connectivity index (χ3v) is 6.27. The fraction of sp³-hybridized carbons (Fsp3) is 0.480. The number of likely N-dealkylation sites (N-methyl/N-ethyl adjacent to an activating group) is 1. The van der Waals surface area contributed by atoms with Gasteiger partial charge in [-0.2, -0.15) is 0 Å². The predicted octanol–water partition coefficient (Wildman–Crippen LogP) is 3.63. The fourth-order valence-corrected chi connectivity index (χ4v) is 4.25. The third kappa shape index (κ3) is 5.41. The lowest BCUT2D eigenvalue weighted by molar-refractivity contribution is 0.0711. The molecule has 0 N–H and O–H groups in total. The summed E-state index contributed by atoms with van der Waals surface area (Å²) in [4.78, 5) is 17.0. The number of ether oxygens (including phenoxy) is 2. The van der Waals surface area contributed by atoms with E-state index in [1.807, 2.05) is 31.3 Å². The highest BCUT2D eigenvalue weighted by molar-refractivity contribution is 5.94. The largest absolute Gasteiger partial charge is 0.490 e.